The van der Waals surface area contributed by atoms with Crippen LogP contribution in [0.2, 0.25) is 0 Å². The highest BCUT2D eigenvalue weighted by molar-refractivity contribution is 5.98. The minimum Gasteiger partial charge on any atom is -0.444 e. The van der Waals surface area contributed by atoms with Crippen molar-refractivity contribution in [1.29, 1.82) is 0 Å². The number of carbonyl (C=O) groups is 2. The molecule has 1 aliphatic rings. The highest BCUT2D eigenvalue weighted by Crippen LogP contribution is 2.25. The van der Waals surface area contributed by atoms with Gasteiger partial charge in [-0.2, -0.15) is 0 Å². The fraction of sp³-hybridized carbons (Fsp3) is 0.636. The zero-order valence-electron chi connectivity index (χ0n) is 17.7. The van der Waals surface area contributed by atoms with E-state index in [-0.39, 0.29) is 17.8 Å². The number of carbonyl (C=O) groups excluding carboxylic acids is 2. The lowest BCUT2D eigenvalue weighted by atomic mass is 9.88. The van der Waals surface area contributed by atoms with Gasteiger partial charge in [0.25, 0.3) is 0 Å². The molecule has 0 saturated carbocycles. The molecule has 0 atom stereocenters. The number of Topliss-reactive ketones (excluding diaryl/α,β-unsaturated/α-hetero) is 1. The molecule has 1 heterocycles. The minimum absolute atomic E-state index is 0.0703. The molecule has 1 amide bonds. The van der Waals surface area contributed by atoms with Crippen molar-refractivity contribution in [3.05, 3.63) is 35.4 Å². The third-order valence-corrected chi connectivity index (χ3v) is 4.62. The van der Waals surface area contributed by atoms with Gasteiger partial charge in [0, 0.05) is 43.3 Å². The molecule has 1 aliphatic heterocycles. The van der Waals surface area contributed by atoms with E-state index in [0.29, 0.717) is 44.7 Å². The lowest BCUT2D eigenvalue weighted by molar-refractivity contribution is -0.140. The first-order valence-electron chi connectivity index (χ1n) is 10.1. The maximum atomic E-state index is 12.8. The summed E-state index contributed by atoms with van der Waals surface area (Å²) in [6.07, 6.45) is 0.595. The smallest absolute Gasteiger partial charge is 0.410 e. The molecule has 6 nitrogen and oxygen atoms in total. The molecule has 0 aliphatic carbocycles. The van der Waals surface area contributed by atoms with Crippen molar-refractivity contribution < 1.29 is 23.8 Å². The van der Waals surface area contributed by atoms with Crippen LogP contribution in [0.4, 0.5) is 4.79 Å². The maximum Gasteiger partial charge on any atom is 0.410 e. The molecule has 156 valence electrons. The Morgan fingerprint density at radius 3 is 2.04 bits per heavy atom. The van der Waals surface area contributed by atoms with Gasteiger partial charge >= 0.3 is 6.09 Å². The van der Waals surface area contributed by atoms with Crippen LogP contribution in [0, 0.1) is 5.92 Å². The van der Waals surface area contributed by atoms with Gasteiger partial charge in [-0.25, -0.2) is 4.79 Å². The highest BCUT2D eigenvalue weighted by atomic mass is 16.7. The summed E-state index contributed by atoms with van der Waals surface area (Å²) in [6.45, 7) is 11.6. The van der Waals surface area contributed by atoms with Crippen LogP contribution in [-0.4, -0.2) is 48.7 Å². The van der Waals surface area contributed by atoms with E-state index in [9.17, 15) is 9.59 Å². The highest BCUT2D eigenvalue weighted by Gasteiger charge is 2.30. The Bertz CT molecular complexity index is 636. The first-order valence-corrected chi connectivity index (χ1v) is 10.1. The van der Waals surface area contributed by atoms with Gasteiger partial charge in [0.05, 0.1) is 0 Å². The van der Waals surface area contributed by atoms with E-state index in [1.54, 1.807) is 4.90 Å². The summed E-state index contributed by atoms with van der Waals surface area (Å²) in [6, 6.07) is 7.45. The molecule has 1 aromatic rings. The molecule has 0 radical (unpaired) electrons. The van der Waals surface area contributed by atoms with Crippen molar-refractivity contribution in [1.82, 2.24) is 4.90 Å². The van der Waals surface area contributed by atoms with Crippen molar-refractivity contribution >= 4 is 11.9 Å². The molecule has 0 unspecified atom stereocenters. The molecule has 0 N–H and O–H groups in total. The number of amides is 1. The van der Waals surface area contributed by atoms with Crippen LogP contribution in [0.25, 0.3) is 0 Å². The lowest BCUT2D eigenvalue weighted by Crippen LogP contribution is -2.43. The van der Waals surface area contributed by atoms with E-state index in [1.165, 1.54) is 0 Å². The van der Waals surface area contributed by atoms with Crippen LogP contribution in [0.15, 0.2) is 24.3 Å². The van der Waals surface area contributed by atoms with Gasteiger partial charge in [-0.05, 0) is 47.5 Å². The summed E-state index contributed by atoms with van der Waals surface area (Å²) in [7, 11) is 0. The maximum absolute atomic E-state index is 12.8. The third-order valence-electron chi connectivity index (χ3n) is 4.62. The predicted molar refractivity (Wildman–Crippen MR) is 107 cm³/mol. The van der Waals surface area contributed by atoms with Gasteiger partial charge in [-0.15, -0.1) is 0 Å². The van der Waals surface area contributed by atoms with Gasteiger partial charge in [0.2, 0.25) is 0 Å². The Morgan fingerprint density at radius 2 is 1.57 bits per heavy atom. The van der Waals surface area contributed by atoms with Crippen LogP contribution >= 0.6 is 0 Å². The van der Waals surface area contributed by atoms with Crippen LogP contribution in [-0.2, 0) is 14.2 Å². The van der Waals surface area contributed by atoms with E-state index >= 15 is 0 Å². The van der Waals surface area contributed by atoms with Crippen LogP contribution in [0.1, 0.15) is 69.7 Å². The van der Waals surface area contributed by atoms with E-state index in [4.69, 9.17) is 14.2 Å². The Labute approximate surface area is 168 Å². The number of ketones is 1. The second kappa shape index (κ2) is 10.0. The van der Waals surface area contributed by atoms with E-state index in [2.05, 4.69) is 0 Å². The standard InChI is InChI=1S/C22H33NO5/c1-6-26-20(27-7-2)18-10-8-16(9-11-18)19(24)17-12-14-23(15-13-17)21(25)28-22(3,4)5/h8-11,17,20H,6-7,12-15H2,1-5H3. The minimum atomic E-state index is -0.508. The van der Waals surface area contributed by atoms with E-state index in [1.807, 2.05) is 58.9 Å². The van der Waals surface area contributed by atoms with Gasteiger partial charge < -0.3 is 19.1 Å². The summed E-state index contributed by atoms with van der Waals surface area (Å²) < 4.78 is 16.6. The van der Waals surface area contributed by atoms with Crippen molar-refractivity contribution in [3.8, 4) is 0 Å². The lowest BCUT2D eigenvalue weighted by Gasteiger charge is -2.33. The van der Waals surface area contributed by atoms with Gasteiger partial charge in [0.1, 0.15) is 5.60 Å². The van der Waals surface area contributed by atoms with Gasteiger partial charge in [-0.3, -0.25) is 4.79 Å². The van der Waals surface area contributed by atoms with Crippen molar-refractivity contribution in [3.63, 3.8) is 0 Å². The second-order valence-corrected chi connectivity index (χ2v) is 7.97. The zero-order chi connectivity index (χ0) is 20.7. The molecule has 0 bridgehead atoms. The summed E-state index contributed by atoms with van der Waals surface area (Å²) in [5.74, 6) is 0.0545. The number of benzene rings is 1. The molecule has 1 fully saturated rings. The fourth-order valence-corrected chi connectivity index (χ4v) is 3.23. The Morgan fingerprint density at radius 1 is 1.04 bits per heavy atom. The Balaban J connectivity index is 1.93. The average Bonchev–Trinajstić information content (AvgIpc) is 2.66. The molecular formula is C22H33NO5. The van der Waals surface area contributed by atoms with Crippen molar-refractivity contribution in [2.24, 2.45) is 5.92 Å². The largest absolute Gasteiger partial charge is 0.444 e. The second-order valence-electron chi connectivity index (χ2n) is 7.97. The number of hydrogen-bond donors (Lipinski definition) is 0. The molecule has 28 heavy (non-hydrogen) atoms. The molecule has 1 saturated heterocycles. The van der Waals surface area contributed by atoms with Crippen LogP contribution in [0.5, 0.6) is 0 Å². The summed E-state index contributed by atoms with van der Waals surface area (Å²) in [5.41, 5.74) is 1.08. The monoisotopic (exact) mass is 391 g/mol. The average molecular weight is 392 g/mol. The molecule has 1 aromatic carbocycles. The van der Waals surface area contributed by atoms with E-state index in [0.717, 1.165) is 5.56 Å². The number of likely N-dealkylation sites (tertiary alicyclic amines) is 1. The number of ether oxygens (including phenoxy) is 3. The molecule has 2 rings (SSSR count). The van der Waals surface area contributed by atoms with Crippen molar-refractivity contribution in [2.45, 2.75) is 59.4 Å². The predicted octanol–water partition coefficient (Wildman–Crippen LogP) is 4.59. The topological polar surface area (TPSA) is 65.1 Å². The number of rotatable bonds is 7. The zero-order valence-corrected chi connectivity index (χ0v) is 17.7. The van der Waals surface area contributed by atoms with Crippen LogP contribution in [0.3, 0.4) is 0 Å². The molecular weight excluding hydrogens is 358 g/mol. The Kier molecular flexibility index (Phi) is 8.01. The third kappa shape index (κ3) is 6.31. The van der Waals surface area contributed by atoms with Gasteiger partial charge in [-0.1, -0.05) is 24.3 Å². The number of hydrogen-bond acceptors (Lipinski definition) is 5. The van der Waals surface area contributed by atoms with E-state index < -0.39 is 11.9 Å². The summed E-state index contributed by atoms with van der Waals surface area (Å²) >= 11 is 0. The molecule has 0 spiro atoms. The number of nitrogens with zero attached hydrogens (tertiary/aromatic N) is 1. The number of piperidine rings is 1. The SMILES string of the molecule is CCOC(OCC)c1ccc(C(=O)C2CCN(C(=O)OC(C)(C)C)CC2)cc1. The van der Waals surface area contributed by atoms with Crippen molar-refractivity contribution in [2.75, 3.05) is 26.3 Å². The normalized spacial score (nSPS) is 15.7. The quantitative estimate of drug-likeness (QED) is 0.502. The Hall–Kier alpha value is -1.92. The summed E-state index contributed by atoms with van der Waals surface area (Å²) in [4.78, 5) is 26.7. The molecule has 6 heteroatoms. The first kappa shape index (κ1) is 22.4. The van der Waals surface area contributed by atoms with Gasteiger partial charge in [0.15, 0.2) is 12.1 Å². The molecule has 0 aromatic heterocycles. The van der Waals surface area contributed by atoms with Crippen LogP contribution < -0.4 is 0 Å². The first-order chi connectivity index (χ1) is 13.2. The summed E-state index contributed by atoms with van der Waals surface area (Å²) in [5, 5.41) is 0. The fourth-order valence-electron chi connectivity index (χ4n) is 3.23.